The monoisotopic (exact) mass is 550 g/mol. The number of aryl methyl sites for hydroxylation is 1. The van der Waals surface area contributed by atoms with Gasteiger partial charge in [-0.1, -0.05) is 33.3 Å². The van der Waals surface area contributed by atoms with E-state index in [1.165, 1.54) is 24.3 Å². The average molecular weight is 551 g/mol. The Hall–Kier alpha value is -3.62. The van der Waals surface area contributed by atoms with Crippen LogP contribution in [-0.4, -0.2) is 21.8 Å². The summed E-state index contributed by atoms with van der Waals surface area (Å²) in [4.78, 5) is 26.0. The highest BCUT2D eigenvalue weighted by Gasteiger charge is 2.34. The van der Waals surface area contributed by atoms with Crippen molar-refractivity contribution in [3.8, 4) is 11.5 Å². The lowest BCUT2D eigenvalue weighted by Crippen LogP contribution is -2.18. The fraction of sp³-hybridized carbons (Fsp3) is 0.400. The molecule has 212 valence electrons. The van der Waals surface area contributed by atoms with Gasteiger partial charge in [-0.05, 0) is 67.6 Å². The van der Waals surface area contributed by atoms with E-state index in [9.17, 15) is 37.4 Å². The van der Waals surface area contributed by atoms with Gasteiger partial charge in [0.15, 0.2) is 11.6 Å². The lowest BCUT2D eigenvalue weighted by atomic mass is 9.91. The molecule has 5 nitrogen and oxygen atoms in total. The van der Waals surface area contributed by atoms with Gasteiger partial charge in [0.1, 0.15) is 28.6 Å². The number of allylic oxidation sites excluding steroid dienone is 3. The summed E-state index contributed by atoms with van der Waals surface area (Å²) in [7, 11) is 0. The molecule has 0 spiro atoms. The van der Waals surface area contributed by atoms with Crippen LogP contribution >= 0.6 is 0 Å². The number of aliphatic hydroxyl groups excluding tert-OH is 2. The number of aliphatic hydroxyl groups is 2. The second-order valence-corrected chi connectivity index (χ2v) is 9.12. The normalized spacial score (nSPS) is 13.0. The van der Waals surface area contributed by atoms with E-state index in [1.807, 2.05) is 13.8 Å². The summed E-state index contributed by atoms with van der Waals surface area (Å²) in [6.07, 6.45) is -3.67. The maximum atomic E-state index is 13.9. The molecule has 2 aromatic rings. The minimum absolute atomic E-state index is 0.0394. The van der Waals surface area contributed by atoms with E-state index < -0.39 is 46.9 Å². The summed E-state index contributed by atoms with van der Waals surface area (Å²) < 4.78 is 60.2. The van der Waals surface area contributed by atoms with Crippen molar-refractivity contribution in [3.63, 3.8) is 0 Å². The smallest absolute Gasteiger partial charge is 0.416 e. The van der Waals surface area contributed by atoms with Crippen LogP contribution in [0, 0.1) is 5.82 Å². The molecule has 0 saturated carbocycles. The zero-order valence-corrected chi connectivity index (χ0v) is 22.3. The van der Waals surface area contributed by atoms with E-state index in [4.69, 9.17) is 4.74 Å². The second kappa shape index (κ2) is 14.5. The fourth-order valence-corrected chi connectivity index (χ4v) is 4.07. The van der Waals surface area contributed by atoms with E-state index in [0.717, 1.165) is 18.2 Å². The van der Waals surface area contributed by atoms with Crippen LogP contribution in [0.3, 0.4) is 0 Å². The molecule has 0 aliphatic rings. The molecule has 0 atom stereocenters. The first kappa shape index (κ1) is 31.6. The van der Waals surface area contributed by atoms with Gasteiger partial charge >= 0.3 is 6.18 Å². The Labute approximate surface area is 225 Å². The summed E-state index contributed by atoms with van der Waals surface area (Å²) in [5.41, 5.74) is -1.60. The van der Waals surface area contributed by atoms with Gasteiger partial charge < -0.3 is 14.9 Å². The summed E-state index contributed by atoms with van der Waals surface area (Å²) in [5.74, 6) is -2.66. The number of halogens is 4. The molecule has 2 rings (SSSR count). The minimum Gasteiger partial charge on any atom is -0.512 e. The molecule has 0 aromatic heterocycles. The topological polar surface area (TPSA) is 83.8 Å². The number of hydrogen-bond acceptors (Lipinski definition) is 5. The fourth-order valence-electron chi connectivity index (χ4n) is 4.07. The van der Waals surface area contributed by atoms with Crippen molar-refractivity contribution >= 4 is 11.6 Å². The molecule has 9 heteroatoms. The van der Waals surface area contributed by atoms with E-state index in [-0.39, 0.29) is 54.1 Å². The minimum atomic E-state index is -4.76. The number of rotatable bonds is 14. The van der Waals surface area contributed by atoms with E-state index >= 15 is 0 Å². The number of ether oxygens (including phenoxy) is 1. The van der Waals surface area contributed by atoms with Gasteiger partial charge in [0.25, 0.3) is 0 Å². The first-order chi connectivity index (χ1) is 18.4. The maximum absolute atomic E-state index is 13.9. The van der Waals surface area contributed by atoms with Gasteiger partial charge in [0.2, 0.25) is 0 Å². The predicted octanol–water partition coefficient (Wildman–Crippen LogP) is 8.73. The van der Waals surface area contributed by atoms with Crippen molar-refractivity contribution in [2.45, 2.75) is 78.3 Å². The van der Waals surface area contributed by atoms with E-state index in [0.29, 0.717) is 19.3 Å². The van der Waals surface area contributed by atoms with Crippen LogP contribution in [0.2, 0.25) is 0 Å². The van der Waals surface area contributed by atoms with Crippen molar-refractivity contribution in [1.29, 1.82) is 0 Å². The molecule has 0 aliphatic carbocycles. The van der Waals surface area contributed by atoms with Crippen LogP contribution in [0.1, 0.15) is 76.8 Å². The third-order valence-electron chi connectivity index (χ3n) is 5.95. The molecule has 0 aliphatic heterocycles. The molecule has 0 heterocycles. The lowest BCUT2D eigenvalue weighted by molar-refractivity contribution is -0.138. The molecule has 0 bridgehead atoms. The maximum Gasteiger partial charge on any atom is 0.416 e. The molecule has 0 fully saturated rings. The highest BCUT2D eigenvalue weighted by Crippen LogP contribution is 2.36. The molecule has 0 unspecified atom stereocenters. The van der Waals surface area contributed by atoms with Crippen molar-refractivity contribution in [3.05, 3.63) is 82.1 Å². The SMILES string of the molecule is CCCC(=O)/C(C(=O)CCc1ccc(Oc2ccc(F)cc2)cc1C(F)(F)F)=C(O)\C(CCC)=C(\O)CCC. The lowest BCUT2D eigenvalue weighted by Gasteiger charge is -2.16. The van der Waals surface area contributed by atoms with Crippen LogP contribution < -0.4 is 4.74 Å². The highest BCUT2D eigenvalue weighted by atomic mass is 19.4. The number of ketones is 2. The third kappa shape index (κ3) is 8.97. The van der Waals surface area contributed by atoms with Crippen molar-refractivity contribution in [1.82, 2.24) is 0 Å². The molecule has 0 saturated heterocycles. The van der Waals surface area contributed by atoms with Crippen LogP contribution in [0.25, 0.3) is 0 Å². The Morgan fingerprint density at radius 2 is 1.36 bits per heavy atom. The van der Waals surface area contributed by atoms with Gasteiger partial charge in [-0.2, -0.15) is 13.2 Å². The predicted molar refractivity (Wildman–Crippen MR) is 140 cm³/mol. The Balaban J connectivity index is 2.40. The van der Waals surface area contributed by atoms with Gasteiger partial charge in [-0.25, -0.2) is 4.39 Å². The van der Waals surface area contributed by atoms with Gasteiger partial charge in [0.05, 0.1) is 11.3 Å². The van der Waals surface area contributed by atoms with Crippen molar-refractivity contribution in [2.75, 3.05) is 0 Å². The largest absolute Gasteiger partial charge is 0.512 e. The second-order valence-electron chi connectivity index (χ2n) is 9.12. The third-order valence-corrected chi connectivity index (χ3v) is 5.95. The van der Waals surface area contributed by atoms with Crippen LogP contribution in [0.15, 0.2) is 65.1 Å². The van der Waals surface area contributed by atoms with Crippen LogP contribution in [-0.2, 0) is 22.2 Å². The summed E-state index contributed by atoms with van der Waals surface area (Å²) in [6.45, 7) is 5.35. The first-order valence-corrected chi connectivity index (χ1v) is 13.0. The number of alkyl halides is 3. The van der Waals surface area contributed by atoms with Gasteiger partial charge in [0, 0.05) is 24.8 Å². The molecular weight excluding hydrogens is 516 g/mol. The summed E-state index contributed by atoms with van der Waals surface area (Å²) in [5, 5.41) is 21.4. The van der Waals surface area contributed by atoms with Crippen LogP contribution in [0.4, 0.5) is 17.6 Å². The van der Waals surface area contributed by atoms with E-state index in [2.05, 4.69) is 0 Å². The average Bonchev–Trinajstić information content (AvgIpc) is 2.87. The van der Waals surface area contributed by atoms with Gasteiger partial charge in [-0.3, -0.25) is 9.59 Å². The van der Waals surface area contributed by atoms with Crippen LogP contribution in [0.5, 0.6) is 11.5 Å². The Morgan fingerprint density at radius 1 is 0.795 bits per heavy atom. The number of hydrogen-bond donors (Lipinski definition) is 2. The number of carbonyl (C=O) groups excluding carboxylic acids is 2. The zero-order valence-electron chi connectivity index (χ0n) is 22.3. The molecular formula is C30H34F4O5. The van der Waals surface area contributed by atoms with Crippen molar-refractivity contribution in [2.24, 2.45) is 0 Å². The van der Waals surface area contributed by atoms with Crippen molar-refractivity contribution < 1.29 is 42.1 Å². The Bertz CT molecular complexity index is 1210. The Kier molecular flexibility index (Phi) is 11.8. The first-order valence-electron chi connectivity index (χ1n) is 13.0. The Morgan fingerprint density at radius 3 is 1.92 bits per heavy atom. The van der Waals surface area contributed by atoms with E-state index in [1.54, 1.807) is 6.92 Å². The number of benzene rings is 2. The molecule has 0 radical (unpaired) electrons. The standard InChI is InChI=1S/C30H34F4O5/c1-4-7-23(25(35)8-5-2)29(38)28(26(36)9-6-3)27(37)17-11-19-10-14-22(18-24(19)30(32,33)34)39-21-15-12-20(31)13-16-21/h10,12-16,18,35,38H,4-9,11,17H2,1-3H3/b25-23+,29-28-. The number of carbonyl (C=O) groups is 2. The van der Waals surface area contributed by atoms with Gasteiger partial charge in [-0.15, -0.1) is 0 Å². The molecule has 0 amide bonds. The highest BCUT2D eigenvalue weighted by molar-refractivity contribution is 6.20. The number of Topliss-reactive ketones (excluding diaryl/α,β-unsaturated/α-hetero) is 2. The zero-order chi connectivity index (χ0) is 29.2. The quantitative estimate of drug-likeness (QED) is 0.0614. The molecule has 2 N–H and O–H groups in total. The summed E-state index contributed by atoms with van der Waals surface area (Å²) >= 11 is 0. The summed E-state index contributed by atoms with van der Waals surface area (Å²) in [6, 6.07) is 8.07. The molecule has 2 aromatic carbocycles. The molecule has 39 heavy (non-hydrogen) atoms.